The fourth-order valence-electron chi connectivity index (χ4n) is 1.25. The second-order valence-electron chi connectivity index (χ2n) is 3.49. The summed E-state index contributed by atoms with van der Waals surface area (Å²) in [5, 5.41) is 0. The fraction of sp³-hybridized carbons (Fsp3) is 0.481. The molecule has 0 fully saturated rings. The number of hydrogen-bond donors (Lipinski definition) is 0. The molecular formula is C27H52. The molecule has 2 aromatic rings. The van der Waals surface area contributed by atoms with Crippen LogP contribution < -0.4 is 0 Å². The Morgan fingerprint density at radius 3 is 0.926 bits per heavy atom. The largest absolute Gasteiger partial charge is 0.106 e. The highest BCUT2D eigenvalue weighted by atomic mass is 13.9. The first-order valence-electron chi connectivity index (χ1n) is 10.9. The second kappa shape index (κ2) is 56.4. The number of aryl methyl sites for hydroxylation is 2. The first-order valence-corrected chi connectivity index (χ1v) is 10.9. The van der Waals surface area contributed by atoms with Crippen LogP contribution in [0.5, 0.6) is 0 Å². The average Bonchev–Trinajstić information content (AvgIpc) is 2.83. The lowest BCUT2D eigenvalue weighted by Crippen LogP contribution is -1.73. The molecule has 0 heteroatoms. The molecule has 0 aliphatic heterocycles. The zero-order valence-corrected chi connectivity index (χ0v) is 20.9. The van der Waals surface area contributed by atoms with Crippen molar-refractivity contribution in [3.05, 3.63) is 84.9 Å². The van der Waals surface area contributed by atoms with Gasteiger partial charge in [-0.25, -0.2) is 0 Å². The number of benzene rings is 2. The number of hydrogen-bond acceptors (Lipinski definition) is 0. The van der Waals surface area contributed by atoms with E-state index in [1.54, 1.807) is 0 Å². The van der Waals surface area contributed by atoms with Gasteiger partial charge in [0.25, 0.3) is 0 Å². The highest BCUT2D eigenvalue weighted by Gasteiger charge is 1.80. The molecule has 0 aliphatic rings. The molecule has 0 N–H and O–H groups in total. The van der Waals surface area contributed by atoms with Crippen LogP contribution in [0.3, 0.4) is 0 Å². The van der Waals surface area contributed by atoms with E-state index in [2.05, 4.69) is 63.4 Å². The van der Waals surface area contributed by atoms with Gasteiger partial charge in [0.1, 0.15) is 0 Å². The van der Waals surface area contributed by atoms with Crippen LogP contribution in [0.4, 0.5) is 0 Å². The molecule has 0 atom stereocenters. The van der Waals surface area contributed by atoms with Gasteiger partial charge in [-0.1, -0.05) is 142 Å². The van der Waals surface area contributed by atoms with E-state index >= 15 is 0 Å². The fourth-order valence-corrected chi connectivity index (χ4v) is 1.25. The van der Waals surface area contributed by atoms with E-state index in [-0.39, 0.29) is 0 Å². The van der Waals surface area contributed by atoms with Crippen LogP contribution in [0, 0.1) is 6.92 Å². The minimum Gasteiger partial charge on any atom is -0.106 e. The molecule has 0 aliphatic carbocycles. The maximum Gasteiger partial charge on any atom is -0.0307 e. The molecule has 0 heterocycles. The molecule has 0 saturated carbocycles. The third-order valence-corrected chi connectivity index (χ3v) is 2.19. The third kappa shape index (κ3) is 45.4. The van der Waals surface area contributed by atoms with Crippen LogP contribution in [-0.2, 0) is 6.42 Å². The van der Waals surface area contributed by atoms with Crippen LogP contribution >= 0.6 is 0 Å². The molecule has 0 spiro atoms. The zero-order chi connectivity index (χ0) is 22.9. The van der Waals surface area contributed by atoms with Crippen LogP contribution in [0.1, 0.15) is 87.3 Å². The van der Waals surface area contributed by atoms with Gasteiger partial charge >= 0.3 is 0 Å². The highest BCUT2D eigenvalue weighted by Crippen LogP contribution is 1.96. The minimum absolute atomic E-state index is 1.14. The Morgan fingerprint density at radius 1 is 0.519 bits per heavy atom. The highest BCUT2D eigenvalue weighted by molar-refractivity contribution is 5.14. The Morgan fingerprint density at radius 2 is 0.778 bits per heavy atom. The molecule has 0 radical (unpaired) electrons. The Balaban J connectivity index is -0.0000000531. The van der Waals surface area contributed by atoms with E-state index < -0.39 is 0 Å². The first kappa shape index (κ1) is 40.0. The number of rotatable bonds is 1. The van der Waals surface area contributed by atoms with E-state index in [1.807, 2.05) is 93.5 Å². The summed E-state index contributed by atoms with van der Waals surface area (Å²) in [5.74, 6) is 0. The van der Waals surface area contributed by atoms with Crippen molar-refractivity contribution in [1.29, 1.82) is 0 Å². The molecule has 2 rings (SSSR count). The summed E-state index contributed by atoms with van der Waals surface area (Å²) >= 11 is 0. The van der Waals surface area contributed by atoms with Crippen LogP contribution in [-0.4, -0.2) is 0 Å². The standard InChI is InChI=1S/C8H10.C7H8.5C2H6.C2H4/c1-2-8-6-4-3-5-7-8;1-7-5-3-2-4-6-7;6*1-2/h3-7H,2H2,1H3;2-6H,1H3;5*1-2H3;1-2H2. The van der Waals surface area contributed by atoms with Crippen molar-refractivity contribution in [1.82, 2.24) is 0 Å². The van der Waals surface area contributed by atoms with Crippen molar-refractivity contribution in [2.24, 2.45) is 0 Å². The van der Waals surface area contributed by atoms with Gasteiger partial charge in [0.2, 0.25) is 0 Å². The van der Waals surface area contributed by atoms with E-state index in [0.717, 1.165) is 6.42 Å². The summed E-state index contributed by atoms with van der Waals surface area (Å²) in [6, 6.07) is 20.7. The maximum atomic E-state index is 3.00. The van der Waals surface area contributed by atoms with Gasteiger partial charge in [-0.2, -0.15) is 0 Å². The molecule has 2 aromatic carbocycles. The molecule has 0 saturated heterocycles. The smallest absolute Gasteiger partial charge is 0.0307 e. The molecule has 0 unspecified atom stereocenters. The van der Waals surface area contributed by atoms with Gasteiger partial charge in [-0.3, -0.25) is 0 Å². The Kier molecular flexibility index (Phi) is 83.6. The second-order valence-corrected chi connectivity index (χ2v) is 3.49. The van der Waals surface area contributed by atoms with Crippen LogP contribution in [0.2, 0.25) is 0 Å². The lowest BCUT2D eigenvalue weighted by Gasteiger charge is -1.89. The Labute approximate surface area is 174 Å². The van der Waals surface area contributed by atoms with Gasteiger partial charge < -0.3 is 0 Å². The normalized spacial score (nSPS) is 6.22. The van der Waals surface area contributed by atoms with E-state index in [0.29, 0.717) is 0 Å². The van der Waals surface area contributed by atoms with E-state index in [1.165, 1.54) is 11.1 Å². The van der Waals surface area contributed by atoms with Gasteiger partial charge in [0, 0.05) is 0 Å². The lowest BCUT2D eigenvalue weighted by atomic mass is 10.2. The minimum atomic E-state index is 1.14. The Hall–Kier alpha value is -1.82. The van der Waals surface area contributed by atoms with Crippen molar-refractivity contribution < 1.29 is 0 Å². The topological polar surface area (TPSA) is 0 Å². The van der Waals surface area contributed by atoms with Crippen LogP contribution in [0.15, 0.2) is 73.8 Å². The summed E-state index contributed by atoms with van der Waals surface area (Å²) in [5.41, 5.74) is 2.73. The molecule has 0 aromatic heterocycles. The summed E-state index contributed by atoms with van der Waals surface area (Å²) in [6.45, 7) is 30.2. The third-order valence-electron chi connectivity index (χ3n) is 2.19. The predicted octanol–water partition coefficient (Wildman–Crippen LogP) is 10.2. The predicted molar refractivity (Wildman–Crippen MR) is 135 cm³/mol. The van der Waals surface area contributed by atoms with Crippen molar-refractivity contribution >= 4 is 0 Å². The first-order chi connectivity index (χ1) is 13.3. The average molecular weight is 377 g/mol. The van der Waals surface area contributed by atoms with Crippen molar-refractivity contribution in [2.45, 2.75) is 89.5 Å². The van der Waals surface area contributed by atoms with Crippen molar-refractivity contribution in [3.8, 4) is 0 Å². The van der Waals surface area contributed by atoms with E-state index in [4.69, 9.17) is 0 Å². The monoisotopic (exact) mass is 376 g/mol. The van der Waals surface area contributed by atoms with Gasteiger partial charge in [-0.05, 0) is 18.9 Å². The summed E-state index contributed by atoms with van der Waals surface area (Å²) in [4.78, 5) is 0. The Bertz CT molecular complexity index is 362. The summed E-state index contributed by atoms with van der Waals surface area (Å²) in [6.07, 6.45) is 1.14. The molecular weight excluding hydrogens is 324 g/mol. The lowest BCUT2D eigenvalue weighted by molar-refractivity contribution is 1.14. The molecule has 0 bridgehead atoms. The van der Waals surface area contributed by atoms with E-state index in [9.17, 15) is 0 Å². The van der Waals surface area contributed by atoms with Gasteiger partial charge in [0.15, 0.2) is 0 Å². The summed E-state index contributed by atoms with van der Waals surface area (Å²) in [7, 11) is 0. The quantitative estimate of drug-likeness (QED) is 0.434. The molecule has 0 nitrogen and oxygen atoms in total. The molecule has 0 amide bonds. The molecule has 160 valence electrons. The van der Waals surface area contributed by atoms with Crippen LogP contribution in [0.25, 0.3) is 0 Å². The van der Waals surface area contributed by atoms with Crippen molar-refractivity contribution in [3.63, 3.8) is 0 Å². The van der Waals surface area contributed by atoms with Crippen molar-refractivity contribution in [2.75, 3.05) is 0 Å². The molecule has 27 heavy (non-hydrogen) atoms. The van der Waals surface area contributed by atoms with Gasteiger partial charge in [-0.15, -0.1) is 13.2 Å². The maximum absolute atomic E-state index is 3.00. The summed E-state index contributed by atoms with van der Waals surface area (Å²) < 4.78 is 0. The SMILES string of the molecule is C=C.CC.CC.CC.CC.CC.CCc1ccccc1.Cc1ccccc1. The van der Waals surface area contributed by atoms with Gasteiger partial charge in [0.05, 0.1) is 0 Å². The zero-order valence-electron chi connectivity index (χ0n) is 20.9.